The van der Waals surface area contributed by atoms with E-state index in [2.05, 4.69) is 20.3 Å². The van der Waals surface area contributed by atoms with E-state index in [0.29, 0.717) is 43.0 Å². The predicted molar refractivity (Wildman–Crippen MR) is 111 cm³/mol. The Morgan fingerprint density at radius 3 is 2.77 bits per heavy atom. The van der Waals surface area contributed by atoms with E-state index in [9.17, 15) is 4.79 Å². The fourth-order valence-electron chi connectivity index (χ4n) is 4.28. The first kappa shape index (κ1) is 19.9. The summed E-state index contributed by atoms with van der Waals surface area (Å²) in [7, 11) is 1.69. The molecule has 1 aliphatic heterocycles. The molecule has 4 heterocycles. The molecule has 2 fully saturated rings. The van der Waals surface area contributed by atoms with Crippen molar-refractivity contribution in [1.82, 2.24) is 30.2 Å². The predicted octanol–water partition coefficient (Wildman–Crippen LogP) is 2.94. The van der Waals surface area contributed by atoms with Gasteiger partial charge in [-0.05, 0) is 50.3 Å². The number of carbonyl (C=O) groups excluding carboxylic acids is 1. The van der Waals surface area contributed by atoms with Crippen LogP contribution in [0.3, 0.4) is 0 Å². The van der Waals surface area contributed by atoms with E-state index in [1.54, 1.807) is 19.5 Å². The van der Waals surface area contributed by atoms with Gasteiger partial charge >= 0.3 is 0 Å². The van der Waals surface area contributed by atoms with Crippen molar-refractivity contribution in [1.29, 1.82) is 0 Å². The van der Waals surface area contributed by atoms with Crippen LogP contribution in [-0.4, -0.2) is 62.9 Å². The van der Waals surface area contributed by atoms with Crippen LogP contribution in [0.2, 0.25) is 0 Å². The van der Waals surface area contributed by atoms with Gasteiger partial charge < -0.3 is 14.2 Å². The fraction of sp³-hybridized carbons (Fsp3) is 0.500. The summed E-state index contributed by atoms with van der Waals surface area (Å²) in [5.74, 6) is 1.69. The first-order valence-corrected chi connectivity index (χ1v) is 10.8. The molecule has 9 heteroatoms. The Balaban J connectivity index is 1.32. The number of ether oxygens (including phenoxy) is 1. The third-order valence-corrected chi connectivity index (χ3v) is 6.45. The number of likely N-dealkylation sites (tertiary alicyclic amines) is 1. The van der Waals surface area contributed by atoms with Crippen LogP contribution in [0.25, 0.3) is 11.5 Å². The number of hydrogen-bond donors (Lipinski definition) is 1. The van der Waals surface area contributed by atoms with E-state index in [1.807, 2.05) is 23.1 Å². The summed E-state index contributed by atoms with van der Waals surface area (Å²) in [6.07, 6.45) is 8.02. The average Bonchev–Trinajstić information content (AvgIpc) is 3.34. The highest BCUT2D eigenvalue weighted by atomic mass is 16.5. The van der Waals surface area contributed by atoms with Crippen LogP contribution >= 0.6 is 0 Å². The zero-order valence-corrected chi connectivity index (χ0v) is 17.6. The number of piperidine rings is 1. The van der Waals surface area contributed by atoms with E-state index < -0.39 is 0 Å². The normalized spacial score (nSPS) is 18.3. The number of methoxy groups -OCH3 is 1. The van der Waals surface area contributed by atoms with Crippen molar-refractivity contribution in [3.8, 4) is 11.5 Å². The molecule has 0 radical (unpaired) electrons. The number of aromatic amines is 1. The number of nitrogens with zero attached hydrogens (tertiary/aromatic N) is 5. The van der Waals surface area contributed by atoms with Crippen LogP contribution < -0.4 is 0 Å². The molecule has 162 valence electrons. The standard InChI is InChI=1S/C22H26N6O3/c1-30-13-8-22(21-24-19(31-27-21)16-4-9-23-10-5-16)6-11-28(12-7-22)20(29)18-14-17(25-26-18)15-2-3-15/h4-5,9-10,14-15H,2-3,6-8,11-13H2,1H3,(H,25,26). The molecule has 2 aliphatic rings. The molecule has 1 N–H and O–H groups in total. The lowest BCUT2D eigenvalue weighted by molar-refractivity contribution is 0.0610. The van der Waals surface area contributed by atoms with Gasteiger partial charge in [0.05, 0.1) is 0 Å². The van der Waals surface area contributed by atoms with Gasteiger partial charge in [0.2, 0.25) is 0 Å². The topological polar surface area (TPSA) is 110 Å². The number of H-pyrrole nitrogens is 1. The minimum Gasteiger partial charge on any atom is -0.385 e. The molecule has 0 aromatic carbocycles. The summed E-state index contributed by atoms with van der Waals surface area (Å²) in [6.45, 7) is 1.83. The van der Waals surface area contributed by atoms with Crippen LogP contribution in [-0.2, 0) is 10.2 Å². The van der Waals surface area contributed by atoms with Crippen molar-refractivity contribution in [2.75, 3.05) is 26.8 Å². The molecule has 1 amide bonds. The Morgan fingerprint density at radius 1 is 1.29 bits per heavy atom. The van der Waals surface area contributed by atoms with E-state index in [4.69, 9.17) is 14.2 Å². The monoisotopic (exact) mass is 422 g/mol. The zero-order valence-electron chi connectivity index (χ0n) is 17.6. The van der Waals surface area contributed by atoms with E-state index in [-0.39, 0.29) is 11.3 Å². The number of amides is 1. The summed E-state index contributed by atoms with van der Waals surface area (Å²) in [5.41, 5.74) is 2.14. The number of rotatable bonds is 7. The van der Waals surface area contributed by atoms with E-state index in [0.717, 1.165) is 30.5 Å². The fourth-order valence-corrected chi connectivity index (χ4v) is 4.28. The second-order valence-corrected chi connectivity index (χ2v) is 8.46. The number of hydrogen-bond acceptors (Lipinski definition) is 7. The number of aromatic nitrogens is 5. The largest absolute Gasteiger partial charge is 0.385 e. The summed E-state index contributed by atoms with van der Waals surface area (Å²) < 4.78 is 10.9. The Labute approximate surface area is 180 Å². The lowest BCUT2D eigenvalue weighted by atomic mass is 9.75. The molecule has 0 bridgehead atoms. The van der Waals surface area contributed by atoms with Crippen LogP contribution in [0, 0.1) is 0 Å². The van der Waals surface area contributed by atoms with Gasteiger partial charge in [-0.1, -0.05) is 5.16 Å². The molecule has 3 aromatic heterocycles. The minimum absolute atomic E-state index is 0.0194. The van der Waals surface area contributed by atoms with Crippen molar-refractivity contribution in [3.05, 3.63) is 47.8 Å². The third kappa shape index (κ3) is 3.97. The molecule has 1 saturated heterocycles. The smallest absolute Gasteiger partial charge is 0.274 e. The van der Waals surface area contributed by atoms with Crippen molar-refractivity contribution >= 4 is 5.91 Å². The average molecular weight is 422 g/mol. The molecule has 0 unspecified atom stereocenters. The highest BCUT2D eigenvalue weighted by Gasteiger charge is 2.41. The minimum atomic E-state index is -0.285. The van der Waals surface area contributed by atoms with E-state index in [1.165, 1.54) is 12.8 Å². The van der Waals surface area contributed by atoms with Crippen molar-refractivity contribution < 1.29 is 14.1 Å². The molecule has 0 atom stereocenters. The lowest BCUT2D eigenvalue weighted by Gasteiger charge is -2.39. The maximum absolute atomic E-state index is 13.0. The number of pyridine rings is 1. The van der Waals surface area contributed by atoms with Gasteiger partial charge in [0.1, 0.15) is 5.69 Å². The van der Waals surface area contributed by atoms with Crippen LogP contribution in [0.1, 0.15) is 60.0 Å². The van der Waals surface area contributed by atoms with Crippen LogP contribution in [0.4, 0.5) is 0 Å². The third-order valence-electron chi connectivity index (χ3n) is 6.45. The van der Waals surface area contributed by atoms with Crippen molar-refractivity contribution in [3.63, 3.8) is 0 Å². The first-order valence-electron chi connectivity index (χ1n) is 10.8. The number of nitrogens with one attached hydrogen (secondary N) is 1. The Morgan fingerprint density at radius 2 is 2.06 bits per heavy atom. The zero-order chi connectivity index (χ0) is 21.3. The Kier molecular flexibility index (Phi) is 5.27. The highest BCUT2D eigenvalue weighted by molar-refractivity contribution is 5.92. The quantitative estimate of drug-likeness (QED) is 0.623. The molecule has 3 aromatic rings. The molecular weight excluding hydrogens is 396 g/mol. The molecule has 31 heavy (non-hydrogen) atoms. The highest BCUT2D eigenvalue weighted by Crippen LogP contribution is 2.40. The van der Waals surface area contributed by atoms with Gasteiger partial charge in [-0.3, -0.25) is 14.9 Å². The summed E-state index contributed by atoms with van der Waals surface area (Å²) in [6, 6.07) is 5.60. The van der Waals surface area contributed by atoms with Gasteiger partial charge in [-0.2, -0.15) is 10.1 Å². The Bertz CT molecular complexity index is 1030. The van der Waals surface area contributed by atoms with Crippen LogP contribution in [0.5, 0.6) is 0 Å². The van der Waals surface area contributed by atoms with E-state index >= 15 is 0 Å². The summed E-state index contributed by atoms with van der Waals surface area (Å²) >= 11 is 0. The van der Waals surface area contributed by atoms with Gasteiger partial charge in [0.25, 0.3) is 11.8 Å². The summed E-state index contributed by atoms with van der Waals surface area (Å²) in [4.78, 5) is 23.6. The lowest BCUT2D eigenvalue weighted by Crippen LogP contribution is -2.46. The number of carbonyl (C=O) groups is 1. The van der Waals surface area contributed by atoms with Crippen LogP contribution in [0.15, 0.2) is 35.1 Å². The molecule has 0 spiro atoms. The van der Waals surface area contributed by atoms with Gasteiger partial charge in [0, 0.05) is 61.8 Å². The maximum Gasteiger partial charge on any atom is 0.274 e. The first-order chi connectivity index (χ1) is 15.2. The van der Waals surface area contributed by atoms with Crippen molar-refractivity contribution in [2.45, 2.75) is 43.4 Å². The second-order valence-electron chi connectivity index (χ2n) is 8.46. The van der Waals surface area contributed by atoms with Gasteiger partial charge in [0.15, 0.2) is 5.82 Å². The maximum atomic E-state index is 13.0. The second kappa shape index (κ2) is 8.22. The molecule has 1 aliphatic carbocycles. The Hall–Kier alpha value is -3.07. The SMILES string of the molecule is COCCC1(c2noc(-c3ccncc3)n2)CCN(C(=O)c2cc(C3CC3)[nH]n2)CC1. The molecule has 9 nitrogen and oxygen atoms in total. The van der Waals surface area contributed by atoms with Gasteiger partial charge in [-0.15, -0.1) is 0 Å². The molecule has 5 rings (SSSR count). The summed E-state index contributed by atoms with van der Waals surface area (Å²) in [5, 5.41) is 11.6. The molecular formula is C22H26N6O3. The van der Waals surface area contributed by atoms with Gasteiger partial charge in [-0.25, -0.2) is 0 Å². The van der Waals surface area contributed by atoms with Crippen molar-refractivity contribution in [2.24, 2.45) is 0 Å². The molecule has 1 saturated carbocycles.